The number of carbonyl (C=O) groups excluding carboxylic acids is 4. The molecule has 0 radical (unpaired) electrons. The smallest absolute Gasteiger partial charge is 0.350 e. The molecular formula is C28H38N2O9. The van der Waals surface area contributed by atoms with E-state index in [1.54, 1.807) is 61.9 Å². The van der Waals surface area contributed by atoms with E-state index in [1.165, 1.54) is 6.92 Å². The highest BCUT2D eigenvalue weighted by molar-refractivity contribution is 6.04. The van der Waals surface area contributed by atoms with Crippen molar-refractivity contribution in [2.45, 2.75) is 65.0 Å². The van der Waals surface area contributed by atoms with E-state index in [9.17, 15) is 19.2 Å². The Labute approximate surface area is 229 Å². The van der Waals surface area contributed by atoms with Crippen LogP contribution in [0.4, 0.5) is 10.5 Å². The topological polar surface area (TPSA) is 121 Å². The van der Waals surface area contributed by atoms with Crippen molar-refractivity contribution >= 4 is 29.6 Å². The van der Waals surface area contributed by atoms with Gasteiger partial charge in [0.1, 0.15) is 0 Å². The number of benzene rings is 1. The second-order valence-corrected chi connectivity index (χ2v) is 9.03. The van der Waals surface area contributed by atoms with Crippen LogP contribution in [0.15, 0.2) is 24.3 Å². The van der Waals surface area contributed by atoms with Gasteiger partial charge >= 0.3 is 23.9 Å². The lowest BCUT2D eigenvalue weighted by atomic mass is 9.93. The molecule has 0 aliphatic carbocycles. The van der Waals surface area contributed by atoms with Gasteiger partial charge in [0.2, 0.25) is 6.29 Å². The van der Waals surface area contributed by atoms with Crippen LogP contribution in [0.2, 0.25) is 0 Å². The molecule has 1 aliphatic heterocycles. The first-order chi connectivity index (χ1) is 18.6. The van der Waals surface area contributed by atoms with Gasteiger partial charge in [-0.15, -0.1) is 12.3 Å². The van der Waals surface area contributed by atoms with Crippen LogP contribution in [0, 0.1) is 12.3 Å². The summed E-state index contributed by atoms with van der Waals surface area (Å²) in [5.41, 5.74) is -0.854. The molecule has 1 aromatic rings. The third-order valence-electron chi connectivity index (χ3n) is 5.87. The number of ether oxygens (including phenoxy) is 5. The van der Waals surface area contributed by atoms with E-state index < -0.39 is 35.9 Å². The lowest BCUT2D eigenvalue weighted by Crippen LogP contribution is -2.54. The number of hydrogen-bond donors (Lipinski definition) is 0. The summed E-state index contributed by atoms with van der Waals surface area (Å²) in [6.45, 7) is 7.14. The Hall–Kier alpha value is -3.62. The summed E-state index contributed by atoms with van der Waals surface area (Å²) < 4.78 is 27.2. The summed E-state index contributed by atoms with van der Waals surface area (Å²) in [5, 5.41) is 0. The van der Waals surface area contributed by atoms with E-state index in [1.807, 2.05) is 0 Å². The molecule has 2 rings (SSSR count). The lowest BCUT2D eigenvalue weighted by Gasteiger charge is -2.33. The van der Waals surface area contributed by atoms with Crippen LogP contribution in [-0.4, -0.2) is 86.8 Å². The minimum atomic E-state index is -2.13. The molecular weight excluding hydrogens is 508 g/mol. The Kier molecular flexibility index (Phi) is 12.2. The first-order valence-electron chi connectivity index (χ1n) is 12.9. The van der Waals surface area contributed by atoms with E-state index in [4.69, 9.17) is 30.1 Å². The number of amides is 2. The van der Waals surface area contributed by atoms with Crippen molar-refractivity contribution in [2.24, 2.45) is 0 Å². The molecule has 214 valence electrons. The third kappa shape index (κ3) is 8.70. The predicted molar refractivity (Wildman–Crippen MR) is 142 cm³/mol. The maximum Gasteiger partial charge on any atom is 0.350 e. The first kappa shape index (κ1) is 31.6. The van der Waals surface area contributed by atoms with Crippen molar-refractivity contribution in [1.82, 2.24) is 4.90 Å². The average Bonchev–Trinajstić information content (AvgIpc) is 2.88. The van der Waals surface area contributed by atoms with Gasteiger partial charge in [0.25, 0.3) is 5.60 Å². The number of carbonyl (C=O) groups is 4. The van der Waals surface area contributed by atoms with Crippen molar-refractivity contribution in [2.75, 3.05) is 44.9 Å². The number of nitrogens with zero attached hydrogens (tertiary/aromatic N) is 2. The minimum Gasteiger partial charge on any atom is -0.463 e. The van der Waals surface area contributed by atoms with E-state index in [0.29, 0.717) is 24.3 Å². The molecule has 0 bridgehead atoms. The van der Waals surface area contributed by atoms with Crippen molar-refractivity contribution in [3.05, 3.63) is 29.8 Å². The summed E-state index contributed by atoms with van der Waals surface area (Å²) in [4.78, 5) is 53.7. The Balaban J connectivity index is 2.30. The van der Waals surface area contributed by atoms with Gasteiger partial charge in [-0.05, 0) is 44.9 Å². The average molecular weight is 547 g/mol. The van der Waals surface area contributed by atoms with Gasteiger partial charge in [0.15, 0.2) is 0 Å². The molecule has 0 spiro atoms. The summed E-state index contributed by atoms with van der Waals surface area (Å²) in [5.74, 6) is -0.0228. The Morgan fingerprint density at radius 3 is 2.23 bits per heavy atom. The Morgan fingerprint density at radius 1 is 1.08 bits per heavy atom. The number of terminal acetylenes is 1. The molecule has 2 atom stereocenters. The van der Waals surface area contributed by atoms with Gasteiger partial charge in [-0.25, -0.2) is 14.4 Å². The predicted octanol–water partition coefficient (Wildman–Crippen LogP) is 2.69. The van der Waals surface area contributed by atoms with Gasteiger partial charge in [0.05, 0.1) is 32.3 Å². The van der Waals surface area contributed by atoms with Gasteiger partial charge in [0, 0.05) is 39.2 Å². The highest BCUT2D eigenvalue weighted by Gasteiger charge is 2.51. The number of urea groups is 1. The fourth-order valence-electron chi connectivity index (χ4n) is 4.03. The number of hydrogen-bond acceptors (Lipinski definition) is 9. The molecule has 11 nitrogen and oxygen atoms in total. The monoisotopic (exact) mass is 546 g/mol. The fourth-order valence-corrected chi connectivity index (χ4v) is 4.03. The van der Waals surface area contributed by atoms with E-state index in [0.717, 1.165) is 6.42 Å². The van der Waals surface area contributed by atoms with E-state index >= 15 is 0 Å². The molecule has 0 saturated carbocycles. The quantitative estimate of drug-likeness (QED) is 0.114. The molecule has 1 aliphatic rings. The molecule has 1 saturated heterocycles. The van der Waals surface area contributed by atoms with Crippen LogP contribution in [0.3, 0.4) is 0 Å². The Bertz CT molecular complexity index is 1020. The molecule has 39 heavy (non-hydrogen) atoms. The van der Waals surface area contributed by atoms with Gasteiger partial charge < -0.3 is 28.6 Å². The minimum absolute atomic E-state index is 0.00642. The van der Waals surface area contributed by atoms with Crippen molar-refractivity contribution in [3.8, 4) is 12.3 Å². The van der Waals surface area contributed by atoms with Crippen molar-refractivity contribution in [3.63, 3.8) is 0 Å². The molecule has 0 aromatic heterocycles. The fraction of sp³-hybridized carbons (Fsp3) is 0.571. The maximum atomic E-state index is 13.2. The van der Waals surface area contributed by atoms with Crippen LogP contribution in [-0.2, 0) is 44.5 Å². The van der Waals surface area contributed by atoms with E-state index in [-0.39, 0.29) is 38.7 Å². The maximum absolute atomic E-state index is 13.2. The van der Waals surface area contributed by atoms with Crippen LogP contribution >= 0.6 is 0 Å². The zero-order valence-electron chi connectivity index (χ0n) is 23.3. The van der Waals surface area contributed by atoms with Crippen LogP contribution < -0.4 is 4.90 Å². The zero-order valence-corrected chi connectivity index (χ0v) is 23.3. The first-order valence-corrected chi connectivity index (χ1v) is 12.9. The van der Waals surface area contributed by atoms with Crippen molar-refractivity contribution < 1.29 is 42.9 Å². The lowest BCUT2D eigenvalue weighted by molar-refractivity contribution is -0.207. The Morgan fingerprint density at radius 2 is 1.69 bits per heavy atom. The number of anilines is 1. The highest BCUT2D eigenvalue weighted by Crippen LogP contribution is 2.26. The second kappa shape index (κ2) is 15.1. The number of esters is 3. The SMILES string of the molecule is C#CCC(OC(C)=O)OC(C)COC(Cc1ccc(N2CCCN(C)C2=O)cc1)(C(=O)OCC)C(=O)OCC. The third-order valence-corrected chi connectivity index (χ3v) is 5.87. The molecule has 2 unspecified atom stereocenters. The van der Waals surface area contributed by atoms with Gasteiger partial charge in [-0.3, -0.25) is 9.69 Å². The van der Waals surface area contributed by atoms with Crippen molar-refractivity contribution in [1.29, 1.82) is 0 Å². The normalized spacial score (nSPS) is 15.2. The molecule has 11 heteroatoms. The van der Waals surface area contributed by atoms with Gasteiger partial charge in [-0.1, -0.05) is 12.1 Å². The standard InChI is InChI=1S/C28H38N2O9/c1-7-11-24(39-21(5)31)38-20(4)19-37-28(25(32)35-8-2,26(33)36-9-3)18-22-12-14-23(15-13-22)30-17-10-16-29(6)27(30)34/h1,12-15,20,24H,8-11,16-19H2,2-6H3. The molecule has 0 N–H and O–H groups in total. The van der Waals surface area contributed by atoms with Crippen LogP contribution in [0.25, 0.3) is 0 Å². The summed E-state index contributed by atoms with van der Waals surface area (Å²) >= 11 is 0. The molecule has 1 heterocycles. The molecule has 2 amide bonds. The number of rotatable bonds is 14. The molecule has 1 fully saturated rings. The van der Waals surface area contributed by atoms with Gasteiger partial charge in [-0.2, -0.15) is 0 Å². The highest BCUT2D eigenvalue weighted by atomic mass is 16.7. The summed E-state index contributed by atoms with van der Waals surface area (Å²) in [7, 11) is 1.75. The summed E-state index contributed by atoms with van der Waals surface area (Å²) in [6.07, 6.45) is 4.24. The van der Waals surface area contributed by atoms with Crippen LogP contribution in [0.5, 0.6) is 0 Å². The summed E-state index contributed by atoms with van der Waals surface area (Å²) in [6, 6.07) is 6.84. The largest absolute Gasteiger partial charge is 0.463 e. The zero-order chi connectivity index (χ0) is 29.0. The molecule has 1 aromatic carbocycles. The second-order valence-electron chi connectivity index (χ2n) is 9.03. The van der Waals surface area contributed by atoms with E-state index in [2.05, 4.69) is 5.92 Å². The van der Waals surface area contributed by atoms with Crippen LogP contribution in [0.1, 0.15) is 46.1 Å².